The molecule has 1 aromatic carbocycles. The first kappa shape index (κ1) is 14.4. The highest BCUT2D eigenvalue weighted by Crippen LogP contribution is 2.71. The number of carbonyl (C=O) groups is 1. The number of nitro groups is 1. The molecule has 0 amide bonds. The molecule has 5 rings (SSSR count). The molecule has 4 bridgehead atoms. The van der Waals surface area contributed by atoms with Crippen molar-refractivity contribution in [2.24, 2.45) is 29.6 Å². The molecule has 5 nitrogen and oxygen atoms in total. The summed E-state index contributed by atoms with van der Waals surface area (Å²) in [5.74, 6) is 2.83. The highest BCUT2D eigenvalue weighted by atomic mass is 16.6. The molecule has 126 valence electrons. The van der Waals surface area contributed by atoms with Gasteiger partial charge in [-0.3, -0.25) is 10.1 Å². The Morgan fingerprint density at radius 3 is 2.17 bits per heavy atom. The van der Waals surface area contributed by atoms with Crippen LogP contribution >= 0.6 is 0 Å². The fourth-order valence-corrected chi connectivity index (χ4v) is 6.68. The van der Waals surface area contributed by atoms with Crippen molar-refractivity contribution in [2.45, 2.75) is 44.1 Å². The van der Waals surface area contributed by atoms with Crippen LogP contribution in [0.25, 0.3) is 0 Å². The number of rotatable bonds is 3. The predicted molar refractivity (Wildman–Crippen MR) is 86.4 cm³/mol. The van der Waals surface area contributed by atoms with Gasteiger partial charge >= 0.3 is 5.97 Å². The molecule has 0 N–H and O–H groups in total. The lowest BCUT2D eigenvalue weighted by molar-refractivity contribution is -0.384. The average Bonchev–Trinajstić information content (AvgIpc) is 3.34. The molecule has 4 saturated carbocycles. The molecular formula is C19H21NO4. The summed E-state index contributed by atoms with van der Waals surface area (Å²) in [6, 6.07) is 5.81. The van der Waals surface area contributed by atoms with Gasteiger partial charge in [-0.1, -0.05) is 0 Å². The van der Waals surface area contributed by atoms with Gasteiger partial charge in [-0.25, -0.2) is 4.79 Å². The molecular weight excluding hydrogens is 306 g/mol. The molecule has 1 aromatic rings. The van der Waals surface area contributed by atoms with Crippen molar-refractivity contribution in [1.29, 1.82) is 0 Å². The number of carbonyl (C=O) groups excluding carboxylic acids is 1. The molecule has 4 atom stereocenters. The van der Waals surface area contributed by atoms with Crippen LogP contribution in [-0.4, -0.2) is 16.5 Å². The molecule has 4 aliphatic carbocycles. The first-order valence-electron chi connectivity index (χ1n) is 9.07. The molecule has 0 radical (unpaired) electrons. The summed E-state index contributed by atoms with van der Waals surface area (Å²) in [7, 11) is 0. The molecule has 0 spiro atoms. The lowest BCUT2D eigenvalue weighted by atomic mass is 9.67. The second kappa shape index (κ2) is 4.80. The summed E-state index contributed by atoms with van der Waals surface area (Å²) in [6.45, 7) is 0. The Hall–Kier alpha value is -1.91. The number of ether oxygens (including phenoxy) is 1. The van der Waals surface area contributed by atoms with E-state index < -0.39 is 4.92 Å². The SMILES string of the molecule is O=C(OC12C3CCC(C3)C1C1CCC2C1)c1ccc([N+](=O)[O-])cc1. The molecule has 4 unspecified atom stereocenters. The van der Waals surface area contributed by atoms with E-state index >= 15 is 0 Å². The Kier molecular flexibility index (Phi) is 2.89. The Morgan fingerprint density at radius 2 is 1.62 bits per heavy atom. The van der Waals surface area contributed by atoms with E-state index in [1.54, 1.807) is 0 Å². The van der Waals surface area contributed by atoms with Crippen LogP contribution in [0.2, 0.25) is 0 Å². The second-order valence-electron chi connectivity index (χ2n) is 8.11. The highest BCUT2D eigenvalue weighted by molar-refractivity contribution is 5.90. The first-order valence-corrected chi connectivity index (χ1v) is 9.07. The number of hydrogen-bond acceptors (Lipinski definition) is 4. The maximum atomic E-state index is 12.8. The van der Waals surface area contributed by atoms with Gasteiger partial charge in [0.2, 0.25) is 0 Å². The van der Waals surface area contributed by atoms with Crippen LogP contribution in [0.4, 0.5) is 5.69 Å². The summed E-state index contributed by atoms with van der Waals surface area (Å²) in [5, 5.41) is 10.8. The standard InChI is InChI=1S/C19H21NO4/c21-18(11-3-7-16(8-4-11)20(22)23)24-19-14-5-1-12(9-14)17(19)13-2-6-15(19)10-13/h3-4,7-8,12-15,17H,1-2,5-6,9-10H2. The van der Waals surface area contributed by atoms with Crippen LogP contribution in [0.15, 0.2) is 24.3 Å². The highest BCUT2D eigenvalue weighted by Gasteiger charge is 2.71. The molecule has 0 heterocycles. The Balaban J connectivity index is 1.44. The zero-order valence-corrected chi connectivity index (χ0v) is 13.5. The molecule has 0 aromatic heterocycles. The van der Waals surface area contributed by atoms with E-state index in [0.717, 1.165) is 11.8 Å². The smallest absolute Gasteiger partial charge is 0.338 e. The summed E-state index contributed by atoms with van der Waals surface area (Å²) in [6.07, 6.45) is 7.44. The molecule has 4 fully saturated rings. The average molecular weight is 327 g/mol. The fourth-order valence-electron chi connectivity index (χ4n) is 6.68. The quantitative estimate of drug-likeness (QED) is 0.364. The van der Waals surface area contributed by atoms with E-state index in [1.807, 2.05) is 0 Å². The van der Waals surface area contributed by atoms with Crippen molar-refractivity contribution in [3.8, 4) is 0 Å². The number of nitrogens with zero attached hydrogens (tertiary/aromatic N) is 1. The van der Waals surface area contributed by atoms with E-state index in [1.165, 1.54) is 62.8 Å². The van der Waals surface area contributed by atoms with Gasteiger partial charge in [-0.15, -0.1) is 0 Å². The third-order valence-corrected chi connectivity index (χ3v) is 7.34. The molecule has 0 saturated heterocycles. The van der Waals surface area contributed by atoms with Crippen molar-refractivity contribution in [2.75, 3.05) is 0 Å². The molecule has 24 heavy (non-hydrogen) atoms. The van der Waals surface area contributed by atoms with Gasteiger partial charge in [0.05, 0.1) is 10.5 Å². The zero-order chi connectivity index (χ0) is 16.5. The zero-order valence-electron chi connectivity index (χ0n) is 13.5. The van der Waals surface area contributed by atoms with Gasteiger partial charge in [0.15, 0.2) is 0 Å². The van der Waals surface area contributed by atoms with Gasteiger partial charge in [-0.2, -0.15) is 0 Å². The van der Waals surface area contributed by atoms with E-state index in [9.17, 15) is 14.9 Å². The normalized spacial score (nSPS) is 41.4. The van der Waals surface area contributed by atoms with Crippen molar-refractivity contribution in [3.05, 3.63) is 39.9 Å². The minimum atomic E-state index is -0.449. The van der Waals surface area contributed by atoms with Crippen LogP contribution < -0.4 is 0 Å². The van der Waals surface area contributed by atoms with Gasteiger partial charge in [-0.05, 0) is 74.3 Å². The Labute approximate surface area is 140 Å². The summed E-state index contributed by atoms with van der Waals surface area (Å²) in [5.41, 5.74) is 0.201. The predicted octanol–water partition coefficient (Wildman–Crippen LogP) is 3.97. The van der Waals surface area contributed by atoms with E-state index in [4.69, 9.17) is 4.74 Å². The first-order chi connectivity index (χ1) is 11.6. The second-order valence-corrected chi connectivity index (χ2v) is 8.11. The van der Waals surface area contributed by atoms with Gasteiger partial charge in [0.25, 0.3) is 5.69 Å². The minimum absolute atomic E-state index is 0.00226. The third kappa shape index (κ3) is 1.73. The largest absolute Gasteiger partial charge is 0.455 e. The minimum Gasteiger partial charge on any atom is -0.455 e. The number of esters is 1. The summed E-state index contributed by atoms with van der Waals surface area (Å²) in [4.78, 5) is 23.1. The lowest BCUT2D eigenvalue weighted by Gasteiger charge is -2.46. The van der Waals surface area contributed by atoms with Crippen LogP contribution in [0.1, 0.15) is 48.9 Å². The number of hydrogen-bond donors (Lipinski definition) is 0. The molecule has 0 aliphatic heterocycles. The fraction of sp³-hybridized carbons (Fsp3) is 0.632. The van der Waals surface area contributed by atoms with E-state index in [0.29, 0.717) is 23.3 Å². The van der Waals surface area contributed by atoms with E-state index in [2.05, 4.69) is 0 Å². The monoisotopic (exact) mass is 327 g/mol. The molecule has 4 aliphatic rings. The number of fused-ring (bicyclic) bond motifs is 9. The third-order valence-electron chi connectivity index (χ3n) is 7.34. The van der Waals surface area contributed by atoms with E-state index in [-0.39, 0.29) is 17.3 Å². The van der Waals surface area contributed by atoms with Gasteiger partial charge in [0.1, 0.15) is 5.60 Å². The number of non-ortho nitro benzene ring substituents is 1. The van der Waals surface area contributed by atoms with Crippen molar-refractivity contribution >= 4 is 11.7 Å². The molecule has 5 heteroatoms. The van der Waals surface area contributed by atoms with Crippen LogP contribution in [0.3, 0.4) is 0 Å². The Bertz CT molecular complexity index is 691. The maximum Gasteiger partial charge on any atom is 0.338 e. The van der Waals surface area contributed by atoms with Gasteiger partial charge in [0, 0.05) is 18.1 Å². The van der Waals surface area contributed by atoms with Crippen molar-refractivity contribution < 1.29 is 14.5 Å². The lowest BCUT2D eigenvalue weighted by Crippen LogP contribution is -2.51. The Morgan fingerprint density at radius 1 is 1.04 bits per heavy atom. The van der Waals surface area contributed by atoms with Crippen LogP contribution in [-0.2, 0) is 4.74 Å². The van der Waals surface area contributed by atoms with Gasteiger partial charge < -0.3 is 4.74 Å². The number of benzene rings is 1. The topological polar surface area (TPSA) is 69.4 Å². The van der Waals surface area contributed by atoms with Crippen molar-refractivity contribution in [1.82, 2.24) is 0 Å². The van der Waals surface area contributed by atoms with Crippen LogP contribution in [0, 0.1) is 39.7 Å². The number of nitro benzene ring substituents is 1. The van der Waals surface area contributed by atoms with Crippen LogP contribution in [0.5, 0.6) is 0 Å². The summed E-state index contributed by atoms with van der Waals surface area (Å²) < 4.78 is 6.27. The summed E-state index contributed by atoms with van der Waals surface area (Å²) >= 11 is 0. The maximum absolute atomic E-state index is 12.8. The van der Waals surface area contributed by atoms with Crippen molar-refractivity contribution in [3.63, 3.8) is 0 Å².